The lowest BCUT2D eigenvalue weighted by molar-refractivity contribution is -0.412. The summed E-state index contributed by atoms with van der Waals surface area (Å²) in [4.78, 5) is 11.3. The van der Waals surface area contributed by atoms with E-state index in [-0.39, 0.29) is 12.8 Å². The van der Waals surface area contributed by atoms with Gasteiger partial charge in [0.15, 0.2) is 0 Å². The van der Waals surface area contributed by atoms with Crippen LogP contribution in [-0.2, 0) is 14.3 Å². The second kappa shape index (κ2) is 4.64. The number of carbonyl (C=O) groups excluding carboxylic acids is 1. The molecule has 0 spiro atoms. The van der Waals surface area contributed by atoms with Gasteiger partial charge in [0, 0.05) is 6.08 Å². The maximum Gasteiger partial charge on any atom is 0.449 e. The molecule has 0 amide bonds. The molecule has 0 aromatic carbocycles. The second-order valence-corrected chi connectivity index (χ2v) is 5.08. The Morgan fingerprint density at radius 1 is 1.38 bits per heavy atom. The highest BCUT2D eigenvalue weighted by molar-refractivity contribution is 5.81. The molecule has 4 nitrogen and oxygen atoms in total. The Kier molecular flexibility index (Phi) is 3.57. The summed E-state index contributed by atoms with van der Waals surface area (Å²) in [5, 5.41) is 9.42. The third kappa shape index (κ3) is 1.97. The largest absolute Gasteiger partial charge is 0.449 e. The Hall–Kier alpha value is -1.22. The van der Waals surface area contributed by atoms with E-state index >= 15 is 0 Å². The van der Waals surface area contributed by atoms with Gasteiger partial charge in [-0.1, -0.05) is 13.0 Å². The normalized spacial score (nSPS) is 38.7. The van der Waals surface area contributed by atoms with Crippen molar-refractivity contribution in [2.24, 2.45) is 0 Å². The summed E-state index contributed by atoms with van der Waals surface area (Å²) in [6, 6.07) is 0. The van der Waals surface area contributed by atoms with E-state index in [0.717, 1.165) is 0 Å². The van der Waals surface area contributed by atoms with Crippen LogP contribution in [0.5, 0.6) is 0 Å². The highest BCUT2D eigenvalue weighted by Crippen LogP contribution is 2.60. The van der Waals surface area contributed by atoms with Crippen LogP contribution in [0.25, 0.3) is 0 Å². The van der Waals surface area contributed by atoms with Gasteiger partial charge < -0.3 is 14.6 Å². The fraction of sp³-hybridized carbons (Fsp3) is 0.750. The van der Waals surface area contributed by atoms with Crippen molar-refractivity contribution in [1.82, 2.24) is 0 Å². The minimum atomic E-state index is -5.73. The van der Waals surface area contributed by atoms with Crippen LogP contribution >= 0.6 is 0 Å². The molecule has 2 rings (SSSR count). The van der Waals surface area contributed by atoms with Gasteiger partial charge in [0.2, 0.25) is 5.60 Å². The lowest BCUT2D eigenvalue weighted by Gasteiger charge is -2.40. The fourth-order valence-electron chi connectivity index (χ4n) is 2.84. The molecule has 120 valence electrons. The standard InChI is InChI=1S/C12H13F5O4/c1-2-8(18)21-9-6-4-3-5-7(9)20-11(19,10(9,13)14)12(15,16)17/h2,7,19H,1,3-6H2. The van der Waals surface area contributed by atoms with Crippen LogP contribution in [0.1, 0.15) is 25.7 Å². The van der Waals surface area contributed by atoms with Gasteiger partial charge in [0.25, 0.3) is 0 Å². The number of rotatable bonds is 2. The number of halogens is 5. The van der Waals surface area contributed by atoms with Crippen LogP contribution in [0.3, 0.4) is 0 Å². The molecule has 2 fully saturated rings. The molecule has 1 aliphatic heterocycles. The zero-order valence-corrected chi connectivity index (χ0v) is 10.8. The highest BCUT2D eigenvalue weighted by atomic mass is 19.4. The molecular formula is C12H13F5O4. The van der Waals surface area contributed by atoms with Crippen molar-refractivity contribution >= 4 is 5.97 Å². The van der Waals surface area contributed by atoms with Gasteiger partial charge in [-0.2, -0.15) is 22.0 Å². The number of aliphatic hydroxyl groups is 1. The number of carbonyl (C=O) groups is 1. The minimum absolute atomic E-state index is 0.119. The van der Waals surface area contributed by atoms with Gasteiger partial charge in [0.05, 0.1) is 0 Å². The fourth-order valence-corrected chi connectivity index (χ4v) is 2.84. The lowest BCUT2D eigenvalue weighted by Crippen LogP contribution is -2.65. The van der Waals surface area contributed by atoms with Crippen LogP contribution in [-0.4, -0.2) is 40.7 Å². The first-order chi connectivity index (χ1) is 9.52. The summed E-state index contributed by atoms with van der Waals surface area (Å²) in [5.41, 5.74) is -2.85. The van der Waals surface area contributed by atoms with E-state index in [9.17, 15) is 31.9 Å². The molecule has 2 aliphatic rings. The summed E-state index contributed by atoms with van der Waals surface area (Å²) in [6.45, 7) is 3.02. The smallest absolute Gasteiger partial charge is 0.446 e. The molecule has 3 atom stereocenters. The van der Waals surface area contributed by atoms with E-state index in [2.05, 4.69) is 16.1 Å². The molecule has 1 aliphatic carbocycles. The Balaban J connectivity index is 2.53. The molecular weight excluding hydrogens is 303 g/mol. The Morgan fingerprint density at radius 2 is 2.00 bits per heavy atom. The topological polar surface area (TPSA) is 55.8 Å². The van der Waals surface area contributed by atoms with Gasteiger partial charge in [-0.05, 0) is 19.3 Å². The van der Waals surface area contributed by atoms with Crippen LogP contribution in [0.15, 0.2) is 12.7 Å². The van der Waals surface area contributed by atoms with Gasteiger partial charge in [-0.3, -0.25) is 0 Å². The Labute approximate surface area is 116 Å². The van der Waals surface area contributed by atoms with Crippen molar-refractivity contribution in [3.8, 4) is 0 Å². The van der Waals surface area contributed by atoms with Crippen LogP contribution in [0.4, 0.5) is 22.0 Å². The predicted molar refractivity (Wildman–Crippen MR) is 58.3 cm³/mol. The van der Waals surface area contributed by atoms with Crippen molar-refractivity contribution in [3.63, 3.8) is 0 Å². The SMILES string of the molecule is C=CC(=O)OC12CCCCC1OC(O)(C(F)(F)F)C2(F)F. The van der Waals surface area contributed by atoms with Gasteiger partial charge in [-0.25, -0.2) is 4.79 Å². The molecule has 1 N–H and O–H groups in total. The molecule has 3 unspecified atom stereocenters. The summed E-state index contributed by atoms with van der Waals surface area (Å²) in [5.74, 6) is -10.8. The van der Waals surface area contributed by atoms with Gasteiger partial charge in [-0.15, -0.1) is 0 Å². The van der Waals surface area contributed by atoms with Crippen molar-refractivity contribution in [2.75, 3.05) is 0 Å². The number of hydrogen-bond acceptors (Lipinski definition) is 4. The van der Waals surface area contributed by atoms with E-state index in [1.807, 2.05) is 0 Å². The first-order valence-corrected chi connectivity index (χ1v) is 6.22. The second-order valence-electron chi connectivity index (χ2n) is 5.08. The summed E-state index contributed by atoms with van der Waals surface area (Å²) >= 11 is 0. The van der Waals surface area contributed by atoms with Crippen molar-refractivity contribution in [1.29, 1.82) is 0 Å². The molecule has 1 saturated carbocycles. The molecule has 9 heteroatoms. The third-order valence-electron chi connectivity index (χ3n) is 3.89. The van der Waals surface area contributed by atoms with Crippen molar-refractivity contribution < 1.29 is 41.3 Å². The summed E-state index contributed by atoms with van der Waals surface area (Å²) in [6.07, 6.45) is -7.18. The van der Waals surface area contributed by atoms with E-state index in [0.29, 0.717) is 12.5 Å². The predicted octanol–water partition coefficient (Wildman–Crippen LogP) is 2.31. The van der Waals surface area contributed by atoms with Crippen LogP contribution < -0.4 is 0 Å². The number of esters is 1. The highest BCUT2D eigenvalue weighted by Gasteiger charge is 2.86. The van der Waals surface area contributed by atoms with E-state index in [4.69, 9.17) is 0 Å². The average molecular weight is 316 g/mol. The van der Waals surface area contributed by atoms with Gasteiger partial charge in [0.1, 0.15) is 6.10 Å². The van der Waals surface area contributed by atoms with Crippen molar-refractivity contribution in [2.45, 2.75) is 55.3 Å². The molecule has 1 saturated heterocycles. The van der Waals surface area contributed by atoms with Crippen LogP contribution in [0.2, 0.25) is 0 Å². The molecule has 0 radical (unpaired) electrons. The molecule has 0 aromatic heterocycles. The molecule has 0 aromatic rings. The van der Waals surface area contributed by atoms with E-state index < -0.39 is 42.0 Å². The summed E-state index contributed by atoms with van der Waals surface area (Å²) in [7, 11) is 0. The maximum atomic E-state index is 14.4. The molecule has 21 heavy (non-hydrogen) atoms. The lowest BCUT2D eigenvalue weighted by atomic mass is 9.77. The third-order valence-corrected chi connectivity index (χ3v) is 3.89. The zero-order chi connectivity index (χ0) is 16.1. The first kappa shape index (κ1) is 16.2. The van der Waals surface area contributed by atoms with Crippen molar-refractivity contribution in [3.05, 3.63) is 12.7 Å². The molecule has 0 bridgehead atoms. The average Bonchev–Trinajstić information content (AvgIpc) is 2.56. The van der Waals surface area contributed by atoms with Crippen LogP contribution in [0, 0.1) is 0 Å². The Bertz CT molecular complexity index is 463. The van der Waals surface area contributed by atoms with E-state index in [1.54, 1.807) is 0 Å². The maximum absolute atomic E-state index is 14.4. The quantitative estimate of drug-likeness (QED) is 0.482. The van der Waals surface area contributed by atoms with Gasteiger partial charge >= 0.3 is 23.9 Å². The first-order valence-electron chi connectivity index (χ1n) is 6.22. The summed E-state index contributed by atoms with van der Waals surface area (Å²) < 4.78 is 76.1. The molecule has 1 heterocycles. The zero-order valence-electron chi connectivity index (χ0n) is 10.8. The monoisotopic (exact) mass is 316 g/mol. The van der Waals surface area contributed by atoms with E-state index in [1.165, 1.54) is 0 Å². The minimum Gasteiger partial charge on any atom is -0.446 e. The number of fused-ring (bicyclic) bond motifs is 1. The Morgan fingerprint density at radius 3 is 2.52 bits per heavy atom. The number of ether oxygens (including phenoxy) is 2. The number of alkyl halides is 5. The number of hydrogen-bond donors (Lipinski definition) is 1.